The van der Waals surface area contributed by atoms with E-state index in [1.807, 2.05) is 22.9 Å². The van der Waals surface area contributed by atoms with Gasteiger partial charge in [0.05, 0.1) is 18.6 Å². The van der Waals surface area contributed by atoms with Crippen LogP contribution in [-0.4, -0.2) is 21.2 Å². The Morgan fingerprint density at radius 1 is 1.62 bits per heavy atom. The SMILES string of the molecule is NC(=O)CSc1nccn1Cc1ccco1. The van der Waals surface area contributed by atoms with Crippen LogP contribution in [0.15, 0.2) is 40.4 Å². The minimum absolute atomic E-state index is 0.231. The van der Waals surface area contributed by atoms with E-state index in [0.29, 0.717) is 6.54 Å². The molecule has 84 valence electrons. The number of carbonyl (C=O) groups is 1. The molecule has 0 unspecified atom stereocenters. The fourth-order valence-corrected chi connectivity index (χ4v) is 1.96. The maximum atomic E-state index is 10.7. The van der Waals surface area contributed by atoms with Gasteiger partial charge in [0.15, 0.2) is 5.16 Å². The number of primary amides is 1. The fourth-order valence-electron chi connectivity index (χ4n) is 1.26. The largest absolute Gasteiger partial charge is 0.467 e. The lowest BCUT2D eigenvalue weighted by molar-refractivity contribution is -0.115. The number of nitrogens with two attached hydrogens (primary N) is 1. The van der Waals surface area contributed by atoms with Crippen molar-refractivity contribution in [1.29, 1.82) is 0 Å². The van der Waals surface area contributed by atoms with Gasteiger partial charge in [-0.25, -0.2) is 4.98 Å². The molecule has 6 heteroatoms. The van der Waals surface area contributed by atoms with E-state index in [1.54, 1.807) is 12.5 Å². The van der Waals surface area contributed by atoms with Crippen molar-refractivity contribution in [2.45, 2.75) is 11.7 Å². The van der Waals surface area contributed by atoms with Gasteiger partial charge in [-0.2, -0.15) is 0 Å². The van der Waals surface area contributed by atoms with Gasteiger partial charge in [0, 0.05) is 12.4 Å². The lowest BCUT2D eigenvalue weighted by Gasteiger charge is -2.04. The minimum Gasteiger partial charge on any atom is -0.467 e. The van der Waals surface area contributed by atoms with Crippen LogP contribution in [0.2, 0.25) is 0 Å². The summed E-state index contributed by atoms with van der Waals surface area (Å²) >= 11 is 1.32. The van der Waals surface area contributed by atoms with Crippen LogP contribution in [-0.2, 0) is 11.3 Å². The molecule has 5 nitrogen and oxygen atoms in total. The van der Waals surface area contributed by atoms with Crippen molar-refractivity contribution in [2.24, 2.45) is 5.73 Å². The van der Waals surface area contributed by atoms with Crippen LogP contribution in [0.1, 0.15) is 5.76 Å². The number of furan rings is 1. The fraction of sp³-hybridized carbons (Fsp3) is 0.200. The van der Waals surface area contributed by atoms with E-state index in [9.17, 15) is 4.79 Å². The predicted octanol–water partition coefficient (Wildman–Crippen LogP) is 1.10. The molecule has 0 saturated heterocycles. The lowest BCUT2D eigenvalue weighted by atomic mass is 10.4. The van der Waals surface area contributed by atoms with Gasteiger partial charge in [0.2, 0.25) is 5.91 Å². The first-order valence-electron chi connectivity index (χ1n) is 4.70. The Bertz CT molecular complexity index is 464. The molecule has 0 radical (unpaired) electrons. The highest BCUT2D eigenvalue weighted by Gasteiger charge is 2.06. The second kappa shape index (κ2) is 4.89. The van der Waals surface area contributed by atoms with Crippen molar-refractivity contribution in [3.63, 3.8) is 0 Å². The molecule has 0 fully saturated rings. The van der Waals surface area contributed by atoms with Crippen LogP contribution in [0, 0.1) is 0 Å². The third-order valence-corrected chi connectivity index (χ3v) is 2.95. The Balaban J connectivity index is 2.04. The number of thioether (sulfide) groups is 1. The van der Waals surface area contributed by atoms with E-state index >= 15 is 0 Å². The van der Waals surface area contributed by atoms with Crippen molar-refractivity contribution < 1.29 is 9.21 Å². The van der Waals surface area contributed by atoms with Crippen LogP contribution in [0.3, 0.4) is 0 Å². The summed E-state index contributed by atoms with van der Waals surface area (Å²) in [7, 11) is 0. The second-order valence-corrected chi connectivity index (χ2v) is 4.11. The molecule has 2 aromatic heterocycles. The summed E-state index contributed by atoms with van der Waals surface area (Å²) in [5.74, 6) is 0.728. The molecule has 0 saturated carbocycles. The standard InChI is InChI=1S/C10H11N3O2S/c11-9(14)7-16-10-12-3-4-13(10)6-8-2-1-5-15-8/h1-5H,6-7H2,(H2,11,14). The van der Waals surface area contributed by atoms with Crippen LogP contribution < -0.4 is 5.73 Å². The van der Waals surface area contributed by atoms with Crippen molar-refractivity contribution >= 4 is 17.7 Å². The number of hydrogen-bond acceptors (Lipinski definition) is 4. The Kier molecular flexibility index (Phi) is 3.31. The molecule has 2 rings (SSSR count). The Labute approximate surface area is 96.6 Å². The van der Waals surface area contributed by atoms with E-state index in [-0.39, 0.29) is 11.7 Å². The van der Waals surface area contributed by atoms with Crippen molar-refractivity contribution in [3.8, 4) is 0 Å². The topological polar surface area (TPSA) is 74.1 Å². The Morgan fingerprint density at radius 3 is 3.19 bits per heavy atom. The molecule has 0 spiro atoms. The number of hydrogen-bond donors (Lipinski definition) is 1. The Morgan fingerprint density at radius 2 is 2.50 bits per heavy atom. The molecule has 16 heavy (non-hydrogen) atoms. The number of amides is 1. The van der Waals surface area contributed by atoms with Gasteiger partial charge in [-0.1, -0.05) is 11.8 Å². The summed E-state index contributed by atoms with van der Waals surface area (Å²) < 4.78 is 7.15. The molecule has 0 aliphatic heterocycles. The zero-order valence-electron chi connectivity index (χ0n) is 8.50. The van der Waals surface area contributed by atoms with E-state index in [2.05, 4.69) is 4.98 Å². The summed E-state index contributed by atoms with van der Waals surface area (Å²) in [6.45, 7) is 0.605. The van der Waals surface area contributed by atoms with Crippen LogP contribution in [0.5, 0.6) is 0 Å². The summed E-state index contributed by atoms with van der Waals surface area (Å²) in [6, 6.07) is 3.73. The van der Waals surface area contributed by atoms with Gasteiger partial charge in [-0.3, -0.25) is 4.79 Å². The van der Waals surface area contributed by atoms with E-state index in [0.717, 1.165) is 10.9 Å². The number of aromatic nitrogens is 2. The summed E-state index contributed by atoms with van der Waals surface area (Å²) in [5.41, 5.74) is 5.08. The summed E-state index contributed by atoms with van der Waals surface area (Å²) in [6.07, 6.45) is 5.15. The molecule has 0 aromatic carbocycles. The maximum absolute atomic E-state index is 10.7. The molecule has 2 heterocycles. The summed E-state index contributed by atoms with van der Waals surface area (Å²) in [5, 5.41) is 0.759. The zero-order valence-corrected chi connectivity index (χ0v) is 9.31. The van der Waals surface area contributed by atoms with E-state index in [4.69, 9.17) is 10.2 Å². The smallest absolute Gasteiger partial charge is 0.227 e. The van der Waals surface area contributed by atoms with Crippen LogP contribution in [0.4, 0.5) is 0 Å². The van der Waals surface area contributed by atoms with Crippen LogP contribution in [0.25, 0.3) is 0 Å². The predicted molar refractivity (Wildman–Crippen MR) is 60.0 cm³/mol. The van der Waals surface area contributed by atoms with E-state index < -0.39 is 0 Å². The van der Waals surface area contributed by atoms with Gasteiger partial charge in [0.25, 0.3) is 0 Å². The number of rotatable bonds is 5. The molecular weight excluding hydrogens is 226 g/mol. The first-order valence-corrected chi connectivity index (χ1v) is 5.69. The maximum Gasteiger partial charge on any atom is 0.227 e. The first kappa shape index (κ1) is 10.8. The normalized spacial score (nSPS) is 10.5. The molecule has 2 N–H and O–H groups in total. The Hall–Kier alpha value is -1.69. The third kappa shape index (κ3) is 2.66. The first-order chi connectivity index (χ1) is 7.75. The molecule has 1 amide bonds. The van der Waals surface area contributed by atoms with E-state index in [1.165, 1.54) is 11.8 Å². The van der Waals surface area contributed by atoms with Crippen molar-refractivity contribution in [1.82, 2.24) is 9.55 Å². The molecule has 2 aromatic rings. The molecule has 0 atom stereocenters. The lowest BCUT2D eigenvalue weighted by Crippen LogP contribution is -2.13. The monoisotopic (exact) mass is 237 g/mol. The number of carbonyl (C=O) groups excluding carboxylic acids is 1. The van der Waals surface area contributed by atoms with Crippen molar-refractivity contribution in [2.75, 3.05) is 5.75 Å². The third-order valence-electron chi connectivity index (χ3n) is 1.93. The molecular formula is C10H11N3O2S. The average molecular weight is 237 g/mol. The molecule has 0 bridgehead atoms. The highest BCUT2D eigenvalue weighted by Crippen LogP contribution is 2.16. The number of imidazole rings is 1. The highest BCUT2D eigenvalue weighted by atomic mass is 32.2. The van der Waals surface area contributed by atoms with Gasteiger partial charge in [-0.15, -0.1) is 0 Å². The van der Waals surface area contributed by atoms with Gasteiger partial charge < -0.3 is 14.7 Å². The molecule has 0 aliphatic carbocycles. The molecule has 0 aliphatic rings. The average Bonchev–Trinajstić information content (AvgIpc) is 2.87. The highest BCUT2D eigenvalue weighted by molar-refractivity contribution is 7.99. The summed E-state index contributed by atoms with van der Waals surface area (Å²) in [4.78, 5) is 14.8. The number of nitrogens with zero attached hydrogens (tertiary/aromatic N) is 2. The second-order valence-electron chi connectivity index (χ2n) is 3.17. The quantitative estimate of drug-likeness (QED) is 0.790. The van der Waals surface area contributed by atoms with Crippen molar-refractivity contribution in [3.05, 3.63) is 36.5 Å². The van der Waals surface area contributed by atoms with Gasteiger partial charge in [-0.05, 0) is 12.1 Å². The van der Waals surface area contributed by atoms with Gasteiger partial charge in [0.1, 0.15) is 5.76 Å². The zero-order chi connectivity index (χ0) is 11.4. The van der Waals surface area contributed by atoms with Gasteiger partial charge >= 0.3 is 0 Å². The van der Waals surface area contributed by atoms with Crippen LogP contribution >= 0.6 is 11.8 Å². The minimum atomic E-state index is -0.349.